The standard InChI is InChI=1S/C34H22O/c1-4-12-28-23(8-1)11-7-15-31(28)33-21-20-32(35-33)24-16-18-25(19-17-24)34-29-13-5-2-9-26(29)22-27-10-3-6-14-30(27)34/h1-22H. The number of furan rings is 1. The fourth-order valence-corrected chi connectivity index (χ4v) is 5.20. The van der Waals surface area contributed by atoms with Crippen molar-refractivity contribution in [3.8, 4) is 33.8 Å². The summed E-state index contributed by atoms with van der Waals surface area (Å²) in [5.41, 5.74) is 4.68. The van der Waals surface area contributed by atoms with Crippen LogP contribution in [0.3, 0.4) is 0 Å². The number of fused-ring (bicyclic) bond motifs is 3. The van der Waals surface area contributed by atoms with Crippen LogP contribution >= 0.6 is 0 Å². The largest absolute Gasteiger partial charge is 0.456 e. The minimum atomic E-state index is 0.877. The van der Waals surface area contributed by atoms with Crippen molar-refractivity contribution in [1.29, 1.82) is 0 Å². The van der Waals surface area contributed by atoms with E-state index >= 15 is 0 Å². The molecule has 0 bridgehead atoms. The maximum absolute atomic E-state index is 6.35. The minimum Gasteiger partial charge on any atom is -0.456 e. The first-order valence-electron chi connectivity index (χ1n) is 11.9. The third-order valence-electron chi connectivity index (χ3n) is 6.89. The second kappa shape index (κ2) is 8.00. The normalized spacial score (nSPS) is 11.4. The van der Waals surface area contributed by atoms with Crippen LogP contribution in [0.4, 0.5) is 0 Å². The molecule has 0 N–H and O–H groups in total. The van der Waals surface area contributed by atoms with E-state index < -0.39 is 0 Å². The summed E-state index contributed by atoms with van der Waals surface area (Å²) in [4.78, 5) is 0. The third-order valence-corrected chi connectivity index (χ3v) is 6.89. The molecule has 35 heavy (non-hydrogen) atoms. The van der Waals surface area contributed by atoms with E-state index in [-0.39, 0.29) is 0 Å². The van der Waals surface area contributed by atoms with Crippen molar-refractivity contribution in [2.24, 2.45) is 0 Å². The zero-order valence-corrected chi connectivity index (χ0v) is 19.1. The van der Waals surface area contributed by atoms with Gasteiger partial charge in [-0.15, -0.1) is 0 Å². The fourth-order valence-electron chi connectivity index (χ4n) is 5.20. The SMILES string of the molecule is c1ccc2c(-c3ccc(-c4ccc(-c5c6ccccc6cc6ccccc56)cc4)o3)cccc2c1. The average Bonchev–Trinajstić information content (AvgIpc) is 3.42. The molecule has 0 unspecified atom stereocenters. The van der Waals surface area contributed by atoms with Crippen molar-refractivity contribution in [2.45, 2.75) is 0 Å². The van der Waals surface area contributed by atoms with E-state index in [1.807, 2.05) is 0 Å². The van der Waals surface area contributed by atoms with Gasteiger partial charge in [-0.2, -0.15) is 0 Å². The summed E-state index contributed by atoms with van der Waals surface area (Å²) < 4.78 is 6.35. The van der Waals surface area contributed by atoms with Gasteiger partial charge in [0.2, 0.25) is 0 Å². The lowest BCUT2D eigenvalue weighted by molar-refractivity contribution is 0.598. The van der Waals surface area contributed by atoms with Gasteiger partial charge in [0.1, 0.15) is 11.5 Å². The Morgan fingerprint density at radius 2 is 0.914 bits per heavy atom. The van der Waals surface area contributed by atoms with Crippen LogP contribution in [0.25, 0.3) is 66.1 Å². The highest BCUT2D eigenvalue weighted by molar-refractivity contribution is 6.12. The molecular formula is C34H22O. The lowest BCUT2D eigenvalue weighted by Crippen LogP contribution is -1.86. The van der Waals surface area contributed by atoms with Gasteiger partial charge in [0, 0.05) is 11.1 Å². The van der Waals surface area contributed by atoms with E-state index in [9.17, 15) is 0 Å². The van der Waals surface area contributed by atoms with Crippen molar-refractivity contribution < 1.29 is 4.42 Å². The van der Waals surface area contributed by atoms with Crippen LogP contribution in [-0.4, -0.2) is 0 Å². The van der Waals surface area contributed by atoms with E-state index in [2.05, 4.69) is 133 Å². The van der Waals surface area contributed by atoms with Gasteiger partial charge in [-0.1, -0.05) is 115 Å². The zero-order chi connectivity index (χ0) is 23.2. The summed E-state index contributed by atoms with van der Waals surface area (Å²) in [5, 5.41) is 7.49. The smallest absolute Gasteiger partial charge is 0.135 e. The van der Waals surface area contributed by atoms with Crippen molar-refractivity contribution in [1.82, 2.24) is 0 Å². The molecule has 0 fully saturated rings. The fraction of sp³-hybridized carbons (Fsp3) is 0. The predicted molar refractivity (Wildman–Crippen MR) is 148 cm³/mol. The molecular weight excluding hydrogens is 424 g/mol. The molecule has 6 aromatic carbocycles. The van der Waals surface area contributed by atoms with Crippen LogP contribution in [0.2, 0.25) is 0 Å². The second-order valence-electron chi connectivity index (χ2n) is 8.96. The summed E-state index contributed by atoms with van der Waals surface area (Å²) in [6, 6.07) is 47.2. The molecule has 1 heterocycles. The first-order valence-corrected chi connectivity index (χ1v) is 11.9. The molecule has 0 aliphatic carbocycles. The third kappa shape index (κ3) is 3.33. The van der Waals surface area contributed by atoms with Crippen LogP contribution in [-0.2, 0) is 0 Å². The van der Waals surface area contributed by atoms with Crippen LogP contribution < -0.4 is 0 Å². The minimum absolute atomic E-state index is 0.877. The van der Waals surface area contributed by atoms with Crippen molar-refractivity contribution in [3.05, 3.63) is 133 Å². The highest BCUT2D eigenvalue weighted by Crippen LogP contribution is 2.38. The molecule has 0 radical (unpaired) electrons. The zero-order valence-electron chi connectivity index (χ0n) is 19.1. The Morgan fingerprint density at radius 1 is 0.371 bits per heavy atom. The molecule has 0 atom stereocenters. The number of hydrogen-bond donors (Lipinski definition) is 0. The Hall–Kier alpha value is -4.62. The quantitative estimate of drug-likeness (QED) is 0.246. The van der Waals surface area contributed by atoms with Crippen LogP contribution in [0.5, 0.6) is 0 Å². The van der Waals surface area contributed by atoms with Crippen LogP contribution in [0.1, 0.15) is 0 Å². The first kappa shape index (κ1) is 19.8. The van der Waals surface area contributed by atoms with E-state index in [0.717, 1.165) is 22.6 Å². The molecule has 7 aromatic rings. The molecule has 164 valence electrons. The highest BCUT2D eigenvalue weighted by Gasteiger charge is 2.12. The Morgan fingerprint density at radius 3 is 1.63 bits per heavy atom. The maximum Gasteiger partial charge on any atom is 0.135 e. The molecule has 0 aliphatic heterocycles. The van der Waals surface area contributed by atoms with Crippen molar-refractivity contribution in [3.63, 3.8) is 0 Å². The Kier molecular flexibility index (Phi) is 4.53. The molecule has 7 rings (SSSR count). The average molecular weight is 447 g/mol. The first-order chi connectivity index (χ1) is 17.3. The van der Waals surface area contributed by atoms with E-state index in [1.54, 1.807) is 0 Å². The van der Waals surface area contributed by atoms with Gasteiger partial charge in [0.15, 0.2) is 0 Å². The lowest BCUT2D eigenvalue weighted by Gasteiger charge is -2.12. The molecule has 1 aromatic heterocycles. The summed E-state index contributed by atoms with van der Waals surface area (Å²) in [5.74, 6) is 1.77. The predicted octanol–water partition coefficient (Wildman–Crippen LogP) is 9.74. The molecule has 0 amide bonds. The highest BCUT2D eigenvalue weighted by atomic mass is 16.3. The monoisotopic (exact) mass is 446 g/mol. The molecule has 1 heteroatoms. The Balaban J connectivity index is 1.31. The summed E-state index contributed by atoms with van der Waals surface area (Å²) in [6.45, 7) is 0. The Bertz CT molecular complexity index is 1780. The second-order valence-corrected chi connectivity index (χ2v) is 8.96. The maximum atomic E-state index is 6.35. The topological polar surface area (TPSA) is 13.1 Å². The van der Waals surface area contributed by atoms with Gasteiger partial charge in [-0.05, 0) is 61.6 Å². The van der Waals surface area contributed by atoms with Gasteiger partial charge in [0.05, 0.1) is 0 Å². The van der Waals surface area contributed by atoms with E-state index in [0.29, 0.717) is 0 Å². The van der Waals surface area contributed by atoms with Crippen molar-refractivity contribution >= 4 is 32.3 Å². The molecule has 0 saturated heterocycles. The lowest BCUT2D eigenvalue weighted by atomic mass is 9.91. The molecule has 0 saturated carbocycles. The Labute approximate surface area is 203 Å². The van der Waals surface area contributed by atoms with E-state index in [1.165, 1.54) is 43.4 Å². The summed E-state index contributed by atoms with van der Waals surface area (Å²) in [6.07, 6.45) is 0. The number of rotatable bonds is 3. The van der Waals surface area contributed by atoms with Crippen LogP contribution in [0.15, 0.2) is 138 Å². The summed E-state index contributed by atoms with van der Waals surface area (Å²) >= 11 is 0. The van der Waals surface area contributed by atoms with Crippen molar-refractivity contribution in [2.75, 3.05) is 0 Å². The van der Waals surface area contributed by atoms with Gasteiger partial charge < -0.3 is 4.42 Å². The summed E-state index contributed by atoms with van der Waals surface area (Å²) in [7, 11) is 0. The van der Waals surface area contributed by atoms with Gasteiger partial charge in [-0.3, -0.25) is 0 Å². The van der Waals surface area contributed by atoms with Gasteiger partial charge in [0.25, 0.3) is 0 Å². The van der Waals surface area contributed by atoms with Gasteiger partial charge >= 0.3 is 0 Å². The molecule has 0 spiro atoms. The van der Waals surface area contributed by atoms with E-state index in [4.69, 9.17) is 4.42 Å². The number of benzene rings is 6. The van der Waals surface area contributed by atoms with Gasteiger partial charge in [-0.25, -0.2) is 0 Å². The molecule has 1 nitrogen and oxygen atoms in total. The molecule has 0 aliphatic rings. The van der Waals surface area contributed by atoms with Crippen LogP contribution in [0, 0.1) is 0 Å². The number of hydrogen-bond acceptors (Lipinski definition) is 1.